The van der Waals surface area contributed by atoms with Crippen molar-refractivity contribution in [1.82, 2.24) is 15.3 Å². The number of aromatic amines is 1. The van der Waals surface area contributed by atoms with Gasteiger partial charge in [0.1, 0.15) is 18.2 Å². The summed E-state index contributed by atoms with van der Waals surface area (Å²) in [4.78, 5) is 8.49. The van der Waals surface area contributed by atoms with Gasteiger partial charge in [-0.25, -0.2) is 4.98 Å². The van der Waals surface area contributed by atoms with E-state index >= 15 is 0 Å². The molecule has 1 fully saturated rings. The van der Waals surface area contributed by atoms with Gasteiger partial charge in [0.05, 0.1) is 23.2 Å². The molecule has 3 aromatic carbocycles. The fourth-order valence-corrected chi connectivity index (χ4v) is 4.91. The lowest BCUT2D eigenvalue weighted by Gasteiger charge is -2.21. The average molecular weight is 420 g/mol. The van der Waals surface area contributed by atoms with Gasteiger partial charge in [0, 0.05) is 29.1 Å². The number of imidazole rings is 1. The van der Waals surface area contributed by atoms with Crippen LogP contribution in [0.15, 0.2) is 42.5 Å². The molecule has 5 nitrogen and oxygen atoms in total. The molecule has 0 unspecified atom stereocenters. The summed E-state index contributed by atoms with van der Waals surface area (Å²) in [5.41, 5.74) is 5.43. The smallest absolute Gasteiger partial charge is 0.128 e. The Labute approximate surface area is 179 Å². The molecule has 152 valence electrons. The normalized spacial score (nSPS) is 20.3. The molecule has 0 saturated carbocycles. The van der Waals surface area contributed by atoms with E-state index in [1.54, 1.807) is 0 Å². The van der Waals surface area contributed by atoms with Crippen LogP contribution < -0.4 is 10.1 Å². The van der Waals surface area contributed by atoms with Gasteiger partial charge in [-0.1, -0.05) is 23.7 Å². The number of nitrogens with one attached hydrogen (secondary N) is 2. The van der Waals surface area contributed by atoms with Crippen LogP contribution in [0.3, 0.4) is 0 Å². The van der Waals surface area contributed by atoms with E-state index in [0.717, 1.165) is 69.1 Å². The molecule has 0 radical (unpaired) electrons. The van der Waals surface area contributed by atoms with Crippen molar-refractivity contribution in [2.45, 2.75) is 32.1 Å². The van der Waals surface area contributed by atoms with Crippen LogP contribution in [0, 0.1) is 0 Å². The number of hydrogen-bond acceptors (Lipinski definition) is 4. The number of rotatable bonds is 3. The van der Waals surface area contributed by atoms with Crippen LogP contribution >= 0.6 is 11.6 Å². The van der Waals surface area contributed by atoms with Crippen molar-refractivity contribution >= 4 is 33.4 Å². The minimum absolute atomic E-state index is 0.189. The third kappa shape index (κ3) is 2.88. The average Bonchev–Trinajstić information content (AvgIpc) is 3.39. The van der Waals surface area contributed by atoms with Crippen LogP contribution in [-0.2, 0) is 11.3 Å². The summed E-state index contributed by atoms with van der Waals surface area (Å²) >= 11 is 6.17. The molecule has 2 aliphatic rings. The molecular formula is C24H22ClN3O2. The maximum absolute atomic E-state index is 6.17. The van der Waals surface area contributed by atoms with E-state index in [4.69, 9.17) is 26.1 Å². The fourth-order valence-electron chi connectivity index (χ4n) is 4.71. The highest BCUT2D eigenvalue weighted by atomic mass is 35.5. The van der Waals surface area contributed by atoms with Crippen LogP contribution in [0.5, 0.6) is 5.75 Å². The van der Waals surface area contributed by atoms with Crippen molar-refractivity contribution in [3.05, 3.63) is 58.9 Å². The zero-order valence-corrected chi connectivity index (χ0v) is 17.4. The third-order valence-electron chi connectivity index (χ3n) is 6.15. The highest BCUT2D eigenvalue weighted by Gasteiger charge is 2.28. The van der Waals surface area contributed by atoms with E-state index in [1.165, 1.54) is 5.56 Å². The van der Waals surface area contributed by atoms with Gasteiger partial charge in [-0.3, -0.25) is 0 Å². The quantitative estimate of drug-likeness (QED) is 0.468. The summed E-state index contributed by atoms with van der Waals surface area (Å²) in [7, 11) is 0. The monoisotopic (exact) mass is 419 g/mol. The predicted molar refractivity (Wildman–Crippen MR) is 119 cm³/mol. The molecule has 0 aliphatic carbocycles. The van der Waals surface area contributed by atoms with E-state index in [2.05, 4.69) is 40.6 Å². The third-order valence-corrected chi connectivity index (χ3v) is 6.39. The number of halogens is 1. The zero-order chi connectivity index (χ0) is 20.2. The topological polar surface area (TPSA) is 59.2 Å². The second kappa shape index (κ2) is 6.98. The van der Waals surface area contributed by atoms with E-state index in [-0.39, 0.29) is 12.1 Å². The molecule has 4 aromatic rings. The van der Waals surface area contributed by atoms with Crippen LogP contribution in [0.4, 0.5) is 0 Å². The molecule has 2 atom stereocenters. The number of hydrogen-bond donors (Lipinski definition) is 2. The first-order chi connectivity index (χ1) is 14.7. The van der Waals surface area contributed by atoms with Gasteiger partial charge in [0.25, 0.3) is 0 Å². The summed E-state index contributed by atoms with van der Waals surface area (Å²) in [6.45, 7) is 4.17. The van der Waals surface area contributed by atoms with Gasteiger partial charge in [-0.2, -0.15) is 0 Å². The Kier molecular flexibility index (Phi) is 4.23. The molecule has 1 saturated heterocycles. The summed E-state index contributed by atoms with van der Waals surface area (Å²) in [5.74, 6) is 1.86. The molecule has 0 spiro atoms. The Morgan fingerprint density at radius 3 is 3.00 bits per heavy atom. The summed E-state index contributed by atoms with van der Waals surface area (Å²) in [6, 6.07) is 14.8. The molecule has 3 heterocycles. The van der Waals surface area contributed by atoms with E-state index < -0.39 is 0 Å². The lowest BCUT2D eigenvalue weighted by atomic mass is 9.94. The lowest BCUT2D eigenvalue weighted by Crippen LogP contribution is -2.17. The van der Waals surface area contributed by atoms with Gasteiger partial charge in [-0.05, 0) is 60.2 Å². The minimum Gasteiger partial charge on any atom is -0.488 e. The standard InChI is InChI=1S/C24H22ClN3O2/c1-2-29-16-9-21(26-11-16)24-27-20-6-3-13-8-19-17-5-4-15(25)7-14(17)12-30-22(19)10-18(13)23(20)28-24/h3-8,10,16,21,26H,2,9,11-12H2,1H3,(H,27,28)/t16-,21-/m0/s1. The number of benzene rings is 3. The van der Waals surface area contributed by atoms with Gasteiger partial charge in [0.15, 0.2) is 0 Å². The molecular weight excluding hydrogens is 398 g/mol. The summed E-state index contributed by atoms with van der Waals surface area (Å²) in [6.07, 6.45) is 1.18. The number of nitrogens with zero attached hydrogens (tertiary/aromatic N) is 1. The summed E-state index contributed by atoms with van der Waals surface area (Å²) in [5, 5.41) is 6.52. The Morgan fingerprint density at radius 2 is 2.10 bits per heavy atom. The van der Waals surface area contributed by atoms with Crippen molar-refractivity contribution in [3.8, 4) is 16.9 Å². The molecule has 2 N–H and O–H groups in total. The van der Waals surface area contributed by atoms with Crippen molar-refractivity contribution in [2.75, 3.05) is 13.2 Å². The Bertz CT molecular complexity index is 1280. The maximum atomic E-state index is 6.17. The van der Waals surface area contributed by atoms with Crippen LogP contribution in [0.25, 0.3) is 32.9 Å². The SMILES string of the molecule is CCO[C@@H]1CN[C@H](c2nc3c(ccc4cc5c(cc43)OCc3cc(Cl)ccc3-5)[nH]2)C1. The highest BCUT2D eigenvalue weighted by Crippen LogP contribution is 2.42. The van der Waals surface area contributed by atoms with Crippen molar-refractivity contribution < 1.29 is 9.47 Å². The number of H-pyrrole nitrogens is 1. The molecule has 0 bridgehead atoms. The predicted octanol–water partition coefficient (Wildman–Crippen LogP) is 5.37. The molecule has 6 rings (SSSR count). The Balaban J connectivity index is 1.44. The molecule has 0 amide bonds. The number of aromatic nitrogens is 2. The highest BCUT2D eigenvalue weighted by molar-refractivity contribution is 6.30. The fraction of sp³-hybridized carbons (Fsp3) is 0.292. The molecule has 6 heteroatoms. The minimum atomic E-state index is 0.189. The first kappa shape index (κ1) is 18.2. The molecule has 2 aliphatic heterocycles. The van der Waals surface area contributed by atoms with Gasteiger partial charge < -0.3 is 19.8 Å². The van der Waals surface area contributed by atoms with Gasteiger partial charge in [-0.15, -0.1) is 0 Å². The second-order valence-electron chi connectivity index (χ2n) is 8.02. The van der Waals surface area contributed by atoms with Crippen molar-refractivity contribution in [2.24, 2.45) is 0 Å². The number of ether oxygens (including phenoxy) is 2. The maximum Gasteiger partial charge on any atom is 0.128 e. The van der Waals surface area contributed by atoms with E-state index in [0.29, 0.717) is 6.61 Å². The number of fused-ring (bicyclic) bond motifs is 6. The van der Waals surface area contributed by atoms with Crippen LogP contribution in [0.2, 0.25) is 5.02 Å². The Morgan fingerprint density at radius 1 is 1.17 bits per heavy atom. The van der Waals surface area contributed by atoms with Crippen molar-refractivity contribution in [3.63, 3.8) is 0 Å². The largest absolute Gasteiger partial charge is 0.488 e. The summed E-state index contributed by atoms with van der Waals surface area (Å²) < 4.78 is 11.9. The Hall–Kier alpha value is -2.60. The van der Waals surface area contributed by atoms with Crippen molar-refractivity contribution in [1.29, 1.82) is 0 Å². The van der Waals surface area contributed by atoms with E-state index in [1.807, 2.05) is 19.1 Å². The van der Waals surface area contributed by atoms with Crippen LogP contribution in [0.1, 0.15) is 30.8 Å². The first-order valence-corrected chi connectivity index (χ1v) is 10.8. The van der Waals surface area contributed by atoms with Gasteiger partial charge >= 0.3 is 0 Å². The zero-order valence-electron chi connectivity index (χ0n) is 16.7. The van der Waals surface area contributed by atoms with E-state index in [9.17, 15) is 0 Å². The lowest BCUT2D eigenvalue weighted by molar-refractivity contribution is 0.0755. The molecule has 30 heavy (non-hydrogen) atoms. The van der Waals surface area contributed by atoms with Gasteiger partial charge in [0.2, 0.25) is 0 Å². The first-order valence-electron chi connectivity index (χ1n) is 10.4. The van der Waals surface area contributed by atoms with Crippen LogP contribution in [-0.4, -0.2) is 29.2 Å². The second-order valence-corrected chi connectivity index (χ2v) is 8.45. The molecule has 1 aromatic heterocycles.